The van der Waals surface area contributed by atoms with Crippen molar-refractivity contribution in [1.82, 2.24) is 24.8 Å². The number of hydrogen-bond donors (Lipinski definition) is 1. The third-order valence-electron chi connectivity index (χ3n) is 6.38. The van der Waals surface area contributed by atoms with Crippen molar-refractivity contribution in [2.24, 2.45) is 5.92 Å². The quantitative estimate of drug-likeness (QED) is 0.688. The van der Waals surface area contributed by atoms with E-state index < -0.39 is 0 Å². The molecule has 0 unspecified atom stereocenters. The van der Waals surface area contributed by atoms with Gasteiger partial charge in [-0.3, -0.25) is 4.79 Å². The Kier molecular flexibility index (Phi) is 5.09. The van der Waals surface area contributed by atoms with Crippen molar-refractivity contribution in [2.45, 2.75) is 25.8 Å². The number of carbonyl (C=O) groups excluding carboxylic acids is 1. The summed E-state index contributed by atoms with van der Waals surface area (Å²) in [6, 6.07) is 4.04. The van der Waals surface area contributed by atoms with Crippen LogP contribution in [0.2, 0.25) is 0 Å². The van der Waals surface area contributed by atoms with Crippen LogP contribution in [0.3, 0.4) is 0 Å². The van der Waals surface area contributed by atoms with Crippen molar-refractivity contribution < 1.29 is 14.3 Å². The molecule has 1 N–H and O–H groups in total. The molecular formula is C22H26N6O3. The van der Waals surface area contributed by atoms with Crippen molar-refractivity contribution in [3.8, 4) is 11.5 Å². The molecule has 9 heteroatoms. The molecule has 2 aliphatic heterocycles. The Labute approximate surface area is 180 Å². The van der Waals surface area contributed by atoms with Gasteiger partial charge in [0.15, 0.2) is 23.0 Å². The van der Waals surface area contributed by atoms with Crippen molar-refractivity contribution in [2.75, 3.05) is 38.8 Å². The molecule has 0 spiro atoms. The molecule has 0 saturated carbocycles. The van der Waals surface area contributed by atoms with E-state index in [2.05, 4.69) is 24.8 Å². The highest BCUT2D eigenvalue weighted by Crippen LogP contribution is 2.34. The number of carbonyl (C=O) groups is 1. The summed E-state index contributed by atoms with van der Waals surface area (Å²) in [7, 11) is 3.28. The number of H-pyrrole nitrogens is 1. The number of amides is 1. The highest BCUT2D eigenvalue weighted by Gasteiger charge is 2.31. The first-order chi connectivity index (χ1) is 15.2. The average molecular weight is 422 g/mol. The molecule has 162 valence electrons. The second kappa shape index (κ2) is 8.05. The van der Waals surface area contributed by atoms with Gasteiger partial charge in [0.1, 0.15) is 11.8 Å². The molecule has 1 saturated heterocycles. The van der Waals surface area contributed by atoms with E-state index in [1.807, 2.05) is 17.0 Å². The van der Waals surface area contributed by atoms with Crippen LogP contribution in [0.15, 0.2) is 24.8 Å². The van der Waals surface area contributed by atoms with E-state index in [1.54, 1.807) is 26.9 Å². The number of rotatable bonds is 4. The van der Waals surface area contributed by atoms with Crippen LogP contribution < -0.4 is 14.4 Å². The summed E-state index contributed by atoms with van der Waals surface area (Å²) >= 11 is 0. The summed E-state index contributed by atoms with van der Waals surface area (Å²) in [5.74, 6) is 2.59. The predicted molar refractivity (Wildman–Crippen MR) is 115 cm³/mol. The number of methoxy groups -OCH3 is 2. The molecule has 2 aromatic heterocycles. The normalized spacial score (nSPS) is 17.0. The van der Waals surface area contributed by atoms with E-state index in [9.17, 15) is 4.79 Å². The Hall–Kier alpha value is -3.36. The lowest BCUT2D eigenvalue weighted by Crippen LogP contribution is -2.44. The summed E-state index contributed by atoms with van der Waals surface area (Å²) in [5.41, 5.74) is 3.88. The standard InChI is InChI=1S/C22H26N6O3/c1-30-17-9-15-5-8-28(11-16(15)10-18(17)31-2)22(29)14-3-6-27(7-4-14)21-19-20(24-12-23-19)25-13-26-21/h9-10,12-14H,3-8,11H2,1-2H3,(H,23,24,25,26). The van der Waals surface area contributed by atoms with Gasteiger partial charge in [-0.15, -0.1) is 0 Å². The summed E-state index contributed by atoms with van der Waals surface area (Å²) in [5, 5.41) is 0. The van der Waals surface area contributed by atoms with Crippen LogP contribution >= 0.6 is 0 Å². The number of anilines is 1. The summed E-state index contributed by atoms with van der Waals surface area (Å²) in [4.78, 5) is 33.4. The molecule has 0 atom stereocenters. The molecule has 1 fully saturated rings. The highest BCUT2D eigenvalue weighted by atomic mass is 16.5. The number of aromatic nitrogens is 4. The second-order valence-electron chi connectivity index (χ2n) is 8.05. The number of imidazole rings is 1. The first kappa shape index (κ1) is 19.6. The molecule has 0 aliphatic carbocycles. The van der Waals surface area contributed by atoms with Crippen LogP contribution in [0.1, 0.15) is 24.0 Å². The maximum atomic E-state index is 13.3. The molecule has 3 aromatic rings. The Morgan fingerprint density at radius 3 is 2.52 bits per heavy atom. The number of piperidine rings is 1. The third-order valence-corrected chi connectivity index (χ3v) is 6.38. The van der Waals surface area contributed by atoms with Gasteiger partial charge < -0.3 is 24.3 Å². The fourth-order valence-corrected chi connectivity index (χ4v) is 4.66. The van der Waals surface area contributed by atoms with Gasteiger partial charge in [-0.2, -0.15) is 0 Å². The monoisotopic (exact) mass is 422 g/mol. The lowest BCUT2D eigenvalue weighted by Gasteiger charge is -2.36. The second-order valence-corrected chi connectivity index (χ2v) is 8.05. The van der Waals surface area contributed by atoms with Crippen molar-refractivity contribution in [3.63, 3.8) is 0 Å². The molecule has 1 amide bonds. The average Bonchev–Trinajstić information content (AvgIpc) is 3.31. The number of ether oxygens (including phenoxy) is 2. The minimum atomic E-state index is 0.0389. The van der Waals surface area contributed by atoms with E-state index in [4.69, 9.17) is 9.47 Å². The smallest absolute Gasteiger partial charge is 0.226 e. The van der Waals surface area contributed by atoms with Crippen LogP contribution in [0.5, 0.6) is 11.5 Å². The van der Waals surface area contributed by atoms with Gasteiger partial charge in [0.05, 0.1) is 20.5 Å². The maximum Gasteiger partial charge on any atom is 0.226 e. The van der Waals surface area contributed by atoms with E-state index >= 15 is 0 Å². The highest BCUT2D eigenvalue weighted by molar-refractivity contribution is 5.83. The lowest BCUT2D eigenvalue weighted by atomic mass is 9.92. The van der Waals surface area contributed by atoms with Crippen molar-refractivity contribution >= 4 is 22.9 Å². The number of nitrogens with one attached hydrogen (secondary N) is 1. The van der Waals surface area contributed by atoms with Crippen LogP contribution in [-0.2, 0) is 17.8 Å². The fourth-order valence-electron chi connectivity index (χ4n) is 4.66. The zero-order valence-corrected chi connectivity index (χ0v) is 17.8. The van der Waals surface area contributed by atoms with E-state index in [0.717, 1.165) is 61.5 Å². The summed E-state index contributed by atoms with van der Waals surface area (Å²) < 4.78 is 10.9. The van der Waals surface area contributed by atoms with Crippen LogP contribution in [-0.4, -0.2) is 64.6 Å². The van der Waals surface area contributed by atoms with Gasteiger partial charge in [-0.25, -0.2) is 15.0 Å². The first-order valence-electron chi connectivity index (χ1n) is 10.6. The SMILES string of the molecule is COc1cc2c(cc1OC)CN(C(=O)C1CCN(c3ncnc4nc[nH]c34)CC1)CC2. The van der Waals surface area contributed by atoms with Crippen LogP contribution in [0.4, 0.5) is 5.82 Å². The molecule has 2 aliphatic rings. The Morgan fingerprint density at radius 1 is 1.03 bits per heavy atom. The minimum absolute atomic E-state index is 0.0389. The molecule has 0 radical (unpaired) electrons. The van der Waals surface area contributed by atoms with Crippen LogP contribution in [0, 0.1) is 5.92 Å². The number of aromatic amines is 1. The van der Waals surface area contributed by atoms with E-state index in [-0.39, 0.29) is 11.8 Å². The molecule has 5 rings (SSSR count). The molecule has 0 bridgehead atoms. The third kappa shape index (κ3) is 3.54. The molecular weight excluding hydrogens is 396 g/mol. The lowest BCUT2D eigenvalue weighted by molar-refractivity contribution is -0.137. The Bertz CT molecular complexity index is 1110. The Morgan fingerprint density at radius 2 is 1.77 bits per heavy atom. The summed E-state index contributed by atoms with van der Waals surface area (Å²) in [6.45, 7) is 2.94. The zero-order valence-electron chi connectivity index (χ0n) is 17.8. The number of nitrogens with zero attached hydrogens (tertiary/aromatic N) is 5. The maximum absolute atomic E-state index is 13.3. The van der Waals surface area contributed by atoms with Gasteiger partial charge in [-0.1, -0.05) is 0 Å². The van der Waals surface area contributed by atoms with Crippen molar-refractivity contribution in [3.05, 3.63) is 35.9 Å². The van der Waals surface area contributed by atoms with Gasteiger partial charge >= 0.3 is 0 Å². The van der Waals surface area contributed by atoms with E-state index in [1.165, 1.54) is 5.56 Å². The van der Waals surface area contributed by atoms with Gasteiger partial charge in [0.2, 0.25) is 5.91 Å². The van der Waals surface area contributed by atoms with E-state index in [0.29, 0.717) is 17.9 Å². The predicted octanol–water partition coefficient (Wildman–Crippen LogP) is 2.17. The largest absolute Gasteiger partial charge is 0.493 e. The fraction of sp³-hybridized carbons (Fsp3) is 0.455. The molecule has 1 aromatic carbocycles. The summed E-state index contributed by atoms with van der Waals surface area (Å²) in [6.07, 6.45) is 5.64. The number of hydrogen-bond acceptors (Lipinski definition) is 7. The topological polar surface area (TPSA) is 96.5 Å². The molecule has 31 heavy (non-hydrogen) atoms. The first-order valence-corrected chi connectivity index (χ1v) is 10.6. The number of benzene rings is 1. The van der Waals surface area contributed by atoms with Gasteiger partial charge in [0, 0.05) is 32.1 Å². The number of fused-ring (bicyclic) bond motifs is 2. The van der Waals surface area contributed by atoms with Crippen molar-refractivity contribution in [1.29, 1.82) is 0 Å². The molecule has 9 nitrogen and oxygen atoms in total. The van der Waals surface area contributed by atoms with Gasteiger partial charge in [0.25, 0.3) is 0 Å². The van der Waals surface area contributed by atoms with Crippen LogP contribution in [0.25, 0.3) is 11.2 Å². The van der Waals surface area contributed by atoms with Gasteiger partial charge in [-0.05, 0) is 42.5 Å². The molecule has 4 heterocycles. The zero-order chi connectivity index (χ0) is 21.4. The Balaban J connectivity index is 1.26. The minimum Gasteiger partial charge on any atom is -0.493 e.